The molecular weight excluding hydrogens is 212 g/mol. The molecule has 0 radical (unpaired) electrons. The van der Waals surface area contributed by atoms with E-state index >= 15 is 0 Å². The Bertz CT molecular complexity index is 692. The van der Waals surface area contributed by atoms with Crippen molar-refractivity contribution in [3.05, 3.63) is 36.3 Å². The van der Waals surface area contributed by atoms with Crippen molar-refractivity contribution in [2.75, 3.05) is 0 Å². The van der Waals surface area contributed by atoms with Crippen molar-refractivity contribution in [2.24, 2.45) is 0 Å². The van der Waals surface area contributed by atoms with Gasteiger partial charge in [-0.15, -0.1) is 0 Å². The molecule has 17 heavy (non-hydrogen) atoms. The minimum atomic E-state index is -0.0623. The van der Waals surface area contributed by atoms with Gasteiger partial charge < -0.3 is 4.42 Å². The van der Waals surface area contributed by atoms with Crippen LogP contribution in [0.25, 0.3) is 22.1 Å². The maximum Gasteiger partial charge on any atom is 0.230 e. The zero-order chi connectivity index (χ0) is 12.0. The first-order valence-corrected chi connectivity index (χ1v) is 5.70. The highest BCUT2D eigenvalue weighted by Crippen LogP contribution is 2.28. The van der Waals surface area contributed by atoms with Gasteiger partial charge in [0.25, 0.3) is 0 Å². The van der Waals surface area contributed by atoms with E-state index in [4.69, 9.17) is 4.42 Å². The summed E-state index contributed by atoms with van der Waals surface area (Å²) < 4.78 is 5.74. The number of fused-ring (bicyclic) bond motifs is 3. The third-order valence-electron chi connectivity index (χ3n) is 2.81. The first kappa shape index (κ1) is 10.3. The smallest absolute Gasteiger partial charge is 0.230 e. The summed E-state index contributed by atoms with van der Waals surface area (Å²) in [7, 11) is 0. The summed E-state index contributed by atoms with van der Waals surface area (Å²) in [5, 5.41) is 2.05. The highest BCUT2D eigenvalue weighted by Gasteiger charge is 2.19. The predicted molar refractivity (Wildman–Crippen MR) is 68.0 cm³/mol. The third-order valence-corrected chi connectivity index (χ3v) is 2.81. The number of benzene rings is 1. The SMILES string of the molecule is CC(C)(C)c1ncc2c(n1)oc1ccccc12. The molecule has 0 atom stereocenters. The molecule has 0 aliphatic carbocycles. The zero-order valence-electron chi connectivity index (χ0n) is 10.2. The van der Waals surface area contributed by atoms with Crippen LogP contribution >= 0.6 is 0 Å². The largest absolute Gasteiger partial charge is 0.438 e. The van der Waals surface area contributed by atoms with Crippen molar-refractivity contribution in [3.8, 4) is 0 Å². The predicted octanol–water partition coefficient (Wildman–Crippen LogP) is 3.67. The molecule has 2 aromatic heterocycles. The summed E-state index contributed by atoms with van der Waals surface area (Å²) in [6.45, 7) is 6.28. The van der Waals surface area contributed by atoms with Crippen molar-refractivity contribution in [3.63, 3.8) is 0 Å². The van der Waals surface area contributed by atoms with Crippen LogP contribution < -0.4 is 0 Å². The monoisotopic (exact) mass is 226 g/mol. The van der Waals surface area contributed by atoms with Crippen LogP contribution in [0.2, 0.25) is 0 Å². The van der Waals surface area contributed by atoms with Gasteiger partial charge in [-0.1, -0.05) is 39.0 Å². The molecular formula is C14H14N2O. The molecule has 0 saturated carbocycles. The van der Waals surface area contributed by atoms with Gasteiger partial charge >= 0.3 is 0 Å². The van der Waals surface area contributed by atoms with E-state index < -0.39 is 0 Å². The summed E-state index contributed by atoms with van der Waals surface area (Å²) in [5.74, 6) is 0.809. The first-order valence-electron chi connectivity index (χ1n) is 5.70. The maximum absolute atomic E-state index is 5.74. The molecule has 3 aromatic rings. The van der Waals surface area contributed by atoms with Gasteiger partial charge in [0, 0.05) is 17.0 Å². The summed E-state index contributed by atoms with van der Waals surface area (Å²) in [6, 6.07) is 7.94. The molecule has 0 saturated heterocycles. The second-order valence-corrected chi connectivity index (χ2v) is 5.26. The lowest BCUT2D eigenvalue weighted by Gasteiger charge is -2.15. The molecule has 3 heteroatoms. The van der Waals surface area contributed by atoms with Gasteiger partial charge in [0.05, 0.1) is 5.39 Å². The zero-order valence-corrected chi connectivity index (χ0v) is 10.2. The number of furan rings is 1. The number of hydrogen-bond donors (Lipinski definition) is 0. The average molecular weight is 226 g/mol. The fourth-order valence-corrected chi connectivity index (χ4v) is 1.87. The maximum atomic E-state index is 5.74. The topological polar surface area (TPSA) is 38.9 Å². The summed E-state index contributed by atoms with van der Waals surface area (Å²) in [5.41, 5.74) is 1.47. The van der Waals surface area contributed by atoms with Crippen LogP contribution in [-0.4, -0.2) is 9.97 Å². The Balaban J connectivity index is 2.34. The summed E-state index contributed by atoms with van der Waals surface area (Å²) >= 11 is 0. The first-order chi connectivity index (χ1) is 8.05. The Morgan fingerprint density at radius 3 is 2.59 bits per heavy atom. The van der Waals surface area contributed by atoms with Crippen LogP contribution in [0.3, 0.4) is 0 Å². The molecule has 1 aromatic carbocycles. The molecule has 86 valence electrons. The second-order valence-electron chi connectivity index (χ2n) is 5.26. The van der Waals surface area contributed by atoms with Crippen LogP contribution in [0, 0.1) is 0 Å². The van der Waals surface area contributed by atoms with Gasteiger partial charge in [0.1, 0.15) is 11.4 Å². The van der Waals surface area contributed by atoms with E-state index in [1.165, 1.54) is 0 Å². The molecule has 0 amide bonds. The molecule has 3 nitrogen and oxygen atoms in total. The van der Waals surface area contributed by atoms with Crippen LogP contribution in [0.4, 0.5) is 0 Å². The highest BCUT2D eigenvalue weighted by molar-refractivity contribution is 6.02. The molecule has 0 unspecified atom stereocenters. The van der Waals surface area contributed by atoms with Crippen molar-refractivity contribution in [1.82, 2.24) is 9.97 Å². The molecule has 0 fully saturated rings. The molecule has 3 rings (SSSR count). The van der Waals surface area contributed by atoms with E-state index in [9.17, 15) is 0 Å². The van der Waals surface area contributed by atoms with Crippen LogP contribution in [0.15, 0.2) is 34.9 Å². The normalized spacial score (nSPS) is 12.4. The average Bonchev–Trinajstić information content (AvgIpc) is 2.65. The van der Waals surface area contributed by atoms with E-state index in [0.717, 1.165) is 22.2 Å². The van der Waals surface area contributed by atoms with E-state index in [1.807, 2.05) is 30.5 Å². The lowest BCUT2D eigenvalue weighted by Crippen LogP contribution is -2.15. The summed E-state index contributed by atoms with van der Waals surface area (Å²) in [6.07, 6.45) is 1.86. The van der Waals surface area contributed by atoms with E-state index in [-0.39, 0.29) is 5.41 Å². The quantitative estimate of drug-likeness (QED) is 0.587. The fourth-order valence-electron chi connectivity index (χ4n) is 1.87. The number of aromatic nitrogens is 2. The Hall–Kier alpha value is -1.90. The molecule has 0 spiro atoms. The Morgan fingerprint density at radius 2 is 1.82 bits per heavy atom. The van der Waals surface area contributed by atoms with Gasteiger partial charge in [-0.2, -0.15) is 4.98 Å². The van der Waals surface area contributed by atoms with Crippen molar-refractivity contribution >= 4 is 22.1 Å². The van der Waals surface area contributed by atoms with Crippen molar-refractivity contribution in [1.29, 1.82) is 0 Å². The van der Waals surface area contributed by atoms with E-state index in [2.05, 4.69) is 30.7 Å². The minimum absolute atomic E-state index is 0.0623. The van der Waals surface area contributed by atoms with Gasteiger partial charge in [-0.25, -0.2) is 4.98 Å². The third kappa shape index (κ3) is 1.58. The van der Waals surface area contributed by atoms with Gasteiger partial charge in [-0.3, -0.25) is 0 Å². The Kier molecular flexibility index (Phi) is 1.99. The molecule has 0 N–H and O–H groups in total. The second kappa shape index (κ2) is 3.29. The minimum Gasteiger partial charge on any atom is -0.438 e. The number of nitrogens with zero attached hydrogens (tertiary/aromatic N) is 2. The van der Waals surface area contributed by atoms with Crippen molar-refractivity contribution < 1.29 is 4.42 Å². The van der Waals surface area contributed by atoms with E-state index in [1.54, 1.807) is 0 Å². The molecule has 0 aliphatic rings. The standard InChI is InChI=1S/C14H14N2O/c1-14(2,3)13-15-8-10-9-6-4-5-7-11(9)17-12(10)16-13/h4-8H,1-3H3. The molecule has 2 heterocycles. The number of hydrogen-bond acceptors (Lipinski definition) is 3. The van der Waals surface area contributed by atoms with Gasteiger partial charge in [-0.05, 0) is 6.07 Å². The fraction of sp³-hybridized carbons (Fsp3) is 0.286. The van der Waals surface area contributed by atoms with E-state index in [0.29, 0.717) is 5.71 Å². The Morgan fingerprint density at radius 1 is 1.06 bits per heavy atom. The van der Waals surface area contributed by atoms with Crippen LogP contribution in [-0.2, 0) is 5.41 Å². The summed E-state index contributed by atoms with van der Waals surface area (Å²) in [4.78, 5) is 8.94. The molecule has 0 bridgehead atoms. The van der Waals surface area contributed by atoms with Crippen molar-refractivity contribution in [2.45, 2.75) is 26.2 Å². The Labute approximate surface area is 99.5 Å². The lowest BCUT2D eigenvalue weighted by atomic mass is 9.96. The van der Waals surface area contributed by atoms with Gasteiger partial charge in [0.15, 0.2) is 0 Å². The van der Waals surface area contributed by atoms with Crippen LogP contribution in [0.5, 0.6) is 0 Å². The number of rotatable bonds is 0. The van der Waals surface area contributed by atoms with Gasteiger partial charge in [0.2, 0.25) is 5.71 Å². The molecule has 0 aliphatic heterocycles. The highest BCUT2D eigenvalue weighted by atomic mass is 16.3. The van der Waals surface area contributed by atoms with Crippen LogP contribution in [0.1, 0.15) is 26.6 Å². The number of para-hydroxylation sites is 1. The lowest BCUT2D eigenvalue weighted by molar-refractivity contribution is 0.539.